The molecule has 1 N–H and O–H groups in total. The Morgan fingerprint density at radius 2 is 1.62 bits per heavy atom. The maximum atomic E-state index is 12.9. The van der Waals surface area contributed by atoms with E-state index in [9.17, 15) is 13.2 Å². The summed E-state index contributed by atoms with van der Waals surface area (Å²) in [5.41, 5.74) is 1.29. The number of hydrogen-bond acceptors (Lipinski definition) is 1. The van der Waals surface area contributed by atoms with Gasteiger partial charge in [-0.15, -0.1) is 0 Å². The second-order valence-electron chi connectivity index (χ2n) is 5.36. The predicted octanol–water partition coefficient (Wildman–Crippen LogP) is 4.52. The van der Waals surface area contributed by atoms with Gasteiger partial charge in [0.15, 0.2) is 0 Å². The van der Waals surface area contributed by atoms with Gasteiger partial charge >= 0.3 is 6.18 Å². The summed E-state index contributed by atoms with van der Waals surface area (Å²) in [6.07, 6.45) is -3.36. The Labute approximate surface area is 121 Å². The Morgan fingerprint density at radius 3 is 2.33 bits per heavy atom. The van der Waals surface area contributed by atoms with Crippen molar-refractivity contribution in [1.29, 1.82) is 0 Å². The Bertz CT molecular complexity index is 607. The molecule has 110 valence electrons. The minimum absolute atomic E-state index is 0.0605. The van der Waals surface area contributed by atoms with Crippen LogP contribution in [0.2, 0.25) is 0 Å². The highest BCUT2D eigenvalue weighted by Gasteiger charge is 2.33. The topological polar surface area (TPSA) is 12.0 Å². The van der Waals surface area contributed by atoms with Crippen LogP contribution in [0.1, 0.15) is 35.1 Å². The maximum Gasteiger partial charge on any atom is 0.416 e. The normalized spacial score (nSPS) is 22.4. The van der Waals surface area contributed by atoms with E-state index >= 15 is 0 Å². The van der Waals surface area contributed by atoms with Crippen LogP contribution in [0.3, 0.4) is 0 Å². The lowest BCUT2D eigenvalue weighted by molar-refractivity contribution is -0.137. The third-order valence-corrected chi connectivity index (χ3v) is 4.02. The van der Waals surface area contributed by atoms with Crippen molar-refractivity contribution in [3.05, 3.63) is 71.3 Å². The predicted molar refractivity (Wildman–Crippen MR) is 76.0 cm³/mol. The minimum atomic E-state index is -4.29. The van der Waals surface area contributed by atoms with Gasteiger partial charge in [-0.25, -0.2) is 0 Å². The van der Waals surface area contributed by atoms with Gasteiger partial charge < -0.3 is 5.32 Å². The van der Waals surface area contributed by atoms with E-state index in [4.69, 9.17) is 0 Å². The van der Waals surface area contributed by atoms with Crippen molar-refractivity contribution in [1.82, 2.24) is 5.32 Å². The third kappa shape index (κ3) is 2.95. The molecule has 2 unspecified atom stereocenters. The minimum Gasteiger partial charge on any atom is -0.309 e. The standard InChI is InChI=1S/C17H16F3N/c18-17(19,20)14-8-4-7-13(11-14)16-15(9-10-21-16)12-5-2-1-3-6-12/h1-8,11,15-16,21H,9-10H2. The highest BCUT2D eigenvalue weighted by molar-refractivity contribution is 5.33. The van der Waals surface area contributed by atoms with Crippen LogP contribution >= 0.6 is 0 Å². The molecule has 3 rings (SSSR count). The lowest BCUT2D eigenvalue weighted by Crippen LogP contribution is -2.18. The average Bonchev–Trinajstić information content (AvgIpc) is 2.97. The summed E-state index contributed by atoms with van der Waals surface area (Å²) in [6, 6.07) is 15.5. The third-order valence-electron chi connectivity index (χ3n) is 4.02. The largest absolute Gasteiger partial charge is 0.416 e. The molecule has 21 heavy (non-hydrogen) atoms. The molecule has 0 amide bonds. The van der Waals surface area contributed by atoms with Crippen LogP contribution in [-0.2, 0) is 6.18 Å². The lowest BCUT2D eigenvalue weighted by atomic mass is 9.87. The molecular formula is C17H16F3N. The Kier molecular flexibility index (Phi) is 3.72. The number of benzene rings is 2. The van der Waals surface area contributed by atoms with Gasteiger partial charge in [0.1, 0.15) is 0 Å². The Hall–Kier alpha value is -1.81. The van der Waals surface area contributed by atoms with E-state index in [1.807, 2.05) is 30.3 Å². The van der Waals surface area contributed by atoms with Crippen molar-refractivity contribution in [2.45, 2.75) is 24.6 Å². The molecule has 0 aromatic heterocycles. The molecule has 2 aromatic carbocycles. The summed E-state index contributed by atoms with van der Waals surface area (Å²) >= 11 is 0. The fraction of sp³-hybridized carbons (Fsp3) is 0.294. The monoisotopic (exact) mass is 291 g/mol. The molecule has 0 radical (unpaired) electrons. The first-order chi connectivity index (χ1) is 10.1. The smallest absolute Gasteiger partial charge is 0.309 e. The van der Waals surface area contributed by atoms with Crippen molar-refractivity contribution < 1.29 is 13.2 Å². The van der Waals surface area contributed by atoms with Crippen LogP contribution in [0.5, 0.6) is 0 Å². The zero-order chi connectivity index (χ0) is 14.9. The van der Waals surface area contributed by atoms with Crippen LogP contribution in [0.4, 0.5) is 13.2 Å². The molecule has 1 fully saturated rings. The van der Waals surface area contributed by atoms with Crippen molar-refractivity contribution in [3.8, 4) is 0 Å². The van der Waals surface area contributed by atoms with Gasteiger partial charge in [0.25, 0.3) is 0 Å². The first-order valence-electron chi connectivity index (χ1n) is 7.01. The van der Waals surface area contributed by atoms with Crippen LogP contribution in [0, 0.1) is 0 Å². The van der Waals surface area contributed by atoms with Crippen molar-refractivity contribution in [2.24, 2.45) is 0 Å². The van der Waals surface area contributed by atoms with Crippen molar-refractivity contribution >= 4 is 0 Å². The highest BCUT2D eigenvalue weighted by Crippen LogP contribution is 2.39. The molecule has 1 saturated heterocycles. The second kappa shape index (κ2) is 5.53. The first kappa shape index (κ1) is 14.1. The summed E-state index contributed by atoms with van der Waals surface area (Å²) in [5, 5.41) is 3.33. The molecule has 0 saturated carbocycles. The molecule has 0 spiro atoms. The zero-order valence-electron chi connectivity index (χ0n) is 11.4. The van der Waals surface area contributed by atoms with E-state index in [1.165, 1.54) is 17.7 Å². The molecule has 0 bridgehead atoms. The van der Waals surface area contributed by atoms with E-state index in [2.05, 4.69) is 5.32 Å². The number of hydrogen-bond donors (Lipinski definition) is 1. The van der Waals surface area contributed by atoms with E-state index in [0.29, 0.717) is 5.56 Å². The van der Waals surface area contributed by atoms with Crippen molar-refractivity contribution in [3.63, 3.8) is 0 Å². The number of halogens is 3. The maximum absolute atomic E-state index is 12.9. The van der Waals surface area contributed by atoms with E-state index in [-0.39, 0.29) is 12.0 Å². The molecule has 1 aliphatic heterocycles. The molecule has 2 aromatic rings. The van der Waals surface area contributed by atoms with Crippen LogP contribution in [0.15, 0.2) is 54.6 Å². The van der Waals surface area contributed by atoms with Crippen LogP contribution < -0.4 is 5.32 Å². The number of rotatable bonds is 2. The fourth-order valence-corrected chi connectivity index (χ4v) is 3.02. The van der Waals surface area contributed by atoms with E-state index < -0.39 is 11.7 Å². The summed E-state index contributed by atoms with van der Waals surface area (Å²) in [7, 11) is 0. The first-order valence-corrected chi connectivity index (χ1v) is 7.01. The van der Waals surface area contributed by atoms with Crippen LogP contribution in [0.25, 0.3) is 0 Å². The second-order valence-corrected chi connectivity index (χ2v) is 5.36. The van der Waals surface area contributed by atoms with Crippen LogP contribution in [-0.4, -0.2) is 6.54 Å². The van der Waals surface area contributed by atoms with Gasteiger partial charge in [0.2, 0.25) is 0 Å². The van der Waals surface area contributed by atoms with Gasteiger partial charge in [-0.3, -0.25) is 0 Å². The summed E-state index contributed by atoms with van der Waals surface area (Å²) in [4.78, 5) is 0. The van der Waals surface area contributed by atoms with Gasteiger partial charge in [-0.05, 0) is 36.2 Å². The van der Waals surface area contributed by atoms with Gasteiger partial charge in [0.05, 0.1) is 5.56 Å². The molecule has 1 nitrogen and oxygen atoms in total. The fourth-order valence-electron chi connectivity index (χ4n) is 3.02. The summed E-state index contributed by atoms with van der Waals surface area (Å²) < 4.78 is 38.6. The molecule has 1 heterocycles. The SMILES string of the molecule is FC(F)(F)c1cccc(C2NCCC2c2ccccc2)c1. The highest BCUT2D eigenvalue weighted by atomic mass is 19.4. The lowest BCUT2D eigenvalue weighted by Gasteiger charge is -2.21. The zero-order valence-corrected chi connectivity index (χ0v) is 11.4. The number of nitrogens with one attached hydrogen (secondary N) is 1. The van der Waals surface area contributed by atoms with Gasteiger partial charge in [-0.2, -0.15) is 13.2 Å². The quantitative estimate of drug-likeness (QED) is 0.857. The molecule has 4 heteroatoms. The molecule has 2 atom stereocenters. The van der Waals surface area contributed by atoms with Gasteiger partial charge in [0, 0.05) is 12.0 Å². The van der Waals surface area contributed by atoms with E-state index in [0.717, 1.165) is 19.0 Å². The van der Waals surface area contributed by atoms with E-state index in [1.54, 1.807) is 6.07 Å². The Morgan fingerprint density at radius 1 is 0.905 bits per heavy atom. The molecule has 1 aliphatic rings. The molecular weight excluding hydrogens is 275 g/mol. The number of alkyl halides is 3. The summed E-state index contributed by atoms with van der Waals surface area (Å²) in [6.45, 7) is 0.820. The van der Waals surface area contributed by atoms with Gasteiger partial charge in [-0.1, -0.05) is 42.5 Å². The van der Waals surface area contributed by atoms with Crippen molar-refractivity contribution in [2.75, 3.05) is 6.54 Å². The Balaban J connectivity index is 1.93. The summed E-state index contributed by atoms with van der Waals surface area (Å²) in [5.74, 6) is 0.217. The average molecular weight is 291 g/mol. The molecule has 0 aliphatic carbocycles.